The molecule has 2 saturated heterocycles. The number of methoxy groups -OCH3 is 1. The van der Waals surface area contributed by atoms with Gasteiger partial charge in [-0.05, 0) is 44.9 Å². The molecule has 0 unspecified atom stereocenters. The van der Waals surface area contributed by atoms with Crippen molar-refractivity contribution in [2.45, 2.75) is 65.0 Å². The lowest BCUT2D eigenvalue weighted by Gasteiger charge is -2.48. The van der Waals surface area contributed by atoms with E-state index in [0.29, 0.717) is 17.5 Å². The van der Waals surface area contributed by atoms with Crippen LogP contribution in [0.1, 0.15) is 68.0 Å². The first-order valence-corrected chi connectivity index (χ1v) is 9.44. The molecule has 1 aliphatic carbocycles. The number of carbonyl (C=O) groups excluding carboxylic acids is 2. The van der Waals surface area contributed by atoms with Crippen LogP contribution < -0.4 is 0 Å². The molecule has 1 aromatic heterocycles. The van der Waals surface area contributed by atoms with E-state index in [1.807, 2.05) is 16.5 Å². The fourth-order valence-electron chi connectivity index (χ4n) is 4.62. The van der Waals surface area contributed by atoms with E-state index in [0.717, 1.165) is 44.3 Å². The van der Waals surface area contributed by atoms with Crippen LogP contribution in [0.5, 0.6) is 0 Å². The summed E-state index contributed by atoms with van der Waals surface area (Å²) in [5.41, 5.74) is 1.60. The van der Waals surface area contributed by atoms with Crippen molar-refractivity contribution in [2.75, 3.05) is 13.7 Å². The molecule has 3 atom stereocenters. The first kappa shape index (κ1) is 18.0. The third-order valence-electron chi connectivity index (χ3n) is 6.11. The molecule has 0 aromatic carbocycles. The molecule has 0 N–H and O–H groups in total. The maximum atomic E-state index is 13.2. The normalized spacial score (nSPS) is 25.5. The summed E-state index contributed by atoms with van der Waals surface area (Å²) in [6.07, 6.45) is 6.50. The number of rotatable bonds is 5. The summed E-state index contributed by atoms with van der Waals surface area (Å²) in [6.45, 7) is 6.99. The second kappa shape index (κ2) is 7.18. The van der Waals surface area contributed by atoms with Crippen LogP contribution in [-0.4, -0.2) is 46.3 Å². The van der Waals surface area contributed by atoms with Crippen molar-refractivity contribution in [3.8, 4) is 0 Å². The van der Waals surface area contributed by atoms with Crippen LogP contribution in [0.25, 0.3) is 0 Å². The SMILES string of the molecule is CCC(CC)n1ncc(C(=O)N2C[C@H]3CC[C@H]2[C@H](C(=O)OC)C3)c1C. The highest BCUT2D eigenvalue weighted by Crippen LogP contribution is 2.40. The highest BCUT2D eigenvalue weighted by atomic mass is 16.5. The van der Waals surface area contributed by atoms with E-state index >= 15 is 0 Å². The van der Waals surface area contributed by atoms with Gasteiger partial charge in [0.1, 0.15) is 0 Å². The van der Waals surface area contributed by atoms with Gasteiger partial charge in [-0.3, -0.25) is 14.3 Å². The van der Waals surface area contributed by atoms with Gasteiger partial charge >= 0.3 is 5.97 Å². The molecule has 2 aliphatic heterocycles. The van der Waals surface area contributed by atoms with Crippen LogP contribution in [0.2, 0.25) is 0 Å². The van der Waals surface area contributed by atoms with E-state index < -0.39 is 0 Å². The second-order valence-corrected chi connectivity index (χ2v) is 7.39. The molecule has 4 rings (SSSR count). The lowest BCUT2D eigenvalue weighted by molar-refractivity contribution is -0.152. The Morgan fingerprint density at radius 3 is 2.64 bits per heavy atom. The van der Waals surface area contributed by atoms with E-state index in [1.54, 1.807) is 6.20 Å². The molecule has 25 heavy (non-hydrogen) atoms. The Labute approximate surface area is 149 Å². The maximum Gasteiger partial charge on any atom is 0.310 e. The first-order valence-electron chi connectivity index (χ1n) is 9.44. The van der Waals surface area contributed by atoms with Crippen LogP contribution in [0.3, 0.4) is 0 Å². The zero-order chi connectivity index (χ0) is 18.1. The number of ether oxygens (including phenoxy) is 1. The minimum atomic E-state index is -0.184. The Kier molecular flexibility index (Phi) is 5.16. The zero-order valence-corrected chi connectivity index (χ0v) is 15.7. The zero-order valence-electron chi connectivity index (χ0n) is 15.7. The van der Waals surface area contributed by atoms with Gasteiger partial charge in [0, 0.05) is 18.3 Å². The lowest BCUT2D eigenvalue weighted by atomic mass is 9.72. The fraction of sp³-hybridized carbons (Fsp3) is 0.737. The van der Waals surface area contributed by atoms with E-state index in [-0.39, 0.29) is 23.8 Å². The van der Waals surface area contributed by atoms with Crippen molar-refractivity contribution in [3.05, 3.63) is 17.5 Å². The van der Waals surface area contributed by atoms with Gasteiger partial charge in [-0.15, -0.1) is 0 Å². The number of aromatic nitrogens is 2. The minimum absolute atomic E-state index is 0.0120. The summed E-state index contributed by atoms with van der Waals surface area (Å²) in [5.74, 6) is 0.0397. The Balaban J connectivity index is 1.85. The lowest BCUT2D eigenvalue weighted by Crippen LogP contribution is -2.57. The molecule has 2 bridgehead atoms. The summed E-state index contributed by atoms with van der Waals surface area (Å²) in [4.78, 5) is 27.2. The van der Waals surface area contributed by atoms with E-state index in [1.165, 1.54) is 7.11 Å². The minimum Gasteiger partial charge on any atom is -0.469 e. The van der Waals surface area contributed by atoms with Gasteiger partial charge in [-0.1, -0.05) is 13.8 Å². The number of fused-ring (bicyclic) bond motifs is 3. The van der Waals surface area contributed by atoms with Gasteiger partial charge < -0.3 is 9.64 Å². The first-order chi connectivity index (χ1) is 12.0. The molecule has 138 valence electrons. The van der Waals surface area contributed by atoms with Gasteiger partial charge in [0.05, 0.1) is 30.8 Å². The van der Waals surface area contributed by atoms with Crippen molar-refractivity contribution in [3.63, 3.8) is 0 Å². The van der Waals surface area contributed by atoms with Crippen LogP contribution in [-0.2, 0) is 9.53 Å². The standard InChI is InChI=1S/C19H29N3O3/c1-5-14(6-2)22-12(3)16(10-20-22)18(23)21-11-13-7-8-17(21)15(9-13)19(24)25-4/h10,13-15,17H,5-9,11H2,1-4H3/t13-,15+,17-/m0/s1. The summed E-state index contributed by atoms with van der Waals surface area (Å²) in [6, 6.07) is 0.281. The van der Waals surface area contributed by atoms with E-state index in [9.17, 15) is 9.59 Å². The van der Waals surface area contributed by atoms with Gasteiger partial charge in [0.2, 0.25) is 0 Å². The molecule has 1 amide bonds. The molecular weight excluding hydrogens is 318 g/mol. The summed E-state index contributed by atoms with van der Waals surface area (Å²) < 4.78 is 6.95. The monoisotopic (exact) mass is 347 g/mol. The van der Waals surface area contributed by atoms with Crippen molar-refractivity contribution in [1.29, 1.82) is 0 Å². The molecule has 3 aliphatic rings. The number of piperidine rings is 2. The topological polar surface area (TPSA) is 64.4 Å². The van der Waals surface area contributed by atoms with E-state index in [4.69, 9.17) is 4.74 Å². The number of esters is 1. The van der Waals surface area contributed by atoms with Crippen LogP contribution >= 0.6 is 0 Å². The number of hydrogen-bond acceptors (Lipinski definition) is 4. The molecule has 0 spiro atoms. The predicted octanol–water partition coefficient (Wildman–Crippen LogP) is 2.97. The molecular formula is C19H29N3O3. The molecule has 6 heteroatoms. The van der Waals surface area contributed by atoms with Crippen molar-refractivity contribution in [2.24, 2.45) is 11.8 Å². The number of nitrogens with zero attached hydrogens (tertiary/aromatic N) is 3. The van der Waals surface area contributed by atoms with Crippen molar-refractivity contribution >= 4 is 11.9 Å². The molecule has 1 saturated carbocycles. The Morgan fingerprint density at radius 1 is 1.32 bits per heavy atom. The Morgan fingerprint density at radius 2 is 2.04 bits per heavy atom. The highest BCUT2D eigenvalue weighted by Gasteiger charge is 2.46. The number of carbonyl (C=O) groups is 2. The third kappa shape index (κ3) is 3.07. The summed E-state index contributed by atoms with van der Waals surface area (Å²) in [7, 11) is 1.43. The van der Waals surface area contributed by atoms with Gasteiger partial charge in [0.25, 0.3) is 5.91 Å². The number of amides is 1. The Bertz CT molecular complexity index is 650. The average Bonchev–Trinajstić information content (AvgIpc) is 3.03. The smallest absolute Gasteiger partial charge is 0.310 e. The predicted molar refractivity (Wildman–Crippen MR) is 94.3 cm³/mol. The molecule has 6 nitrogen and oxygen atoms in total. The van der Waals surface area contributed by atoms with Gasteiger partial charge in [-0.25, -0.2) is 0 Å². The largest absolute Gasteiger partial charge is 0.469 e. The fourth-order valence-corrected chi connectivity index (χ4v) is 4.62. The van der Waals surface area contributed by atoms with Crippen LogP contribution in [0.15, 0.2) is 6.20 Å². The van der Waals surface area contributed by atoms with Gasteiger partial charge in [0.15, 0.2) is 0 Å². The molecule has 3 fully saturated rings. The van der Waals surface area contributed by atoms with Crippen LogP contribution in [0.4, 0.5) is 0 Å². The second-order valence-electron chi connectivity index (χ2n) is 7.39. The average molecular weight is 347 g/mol. The molecule has 3 heterocycles. The maximum absolute atomic E-state index is 13.2. The summed E-state index contributed by atoms with van der Waals surface area (Å²) >= 11 is 0. The van der Waals surface area contributed by atoms with Crippen molar-refractivity contribution < 1.29 is 14.3 Å². The van der Waals surface area contributed by atoms with Crippen LogP contribution in [0, 0.1) is 18.8 Å². The van der Waals surface area contributed by atoms with Crippen molar-refractivity contribution in [1.82, 2.24) is 14.7 Å². The molecule has 0 radical (unpaired) electrons. The van der Waals surface area contributed by atoms with E-state index in [2.05, 4.69) is 18.9 Å². The third-order valence-corrected chi connectivity index (χ3v) is 6.11. The Hall–Kier alpha value is -1.85. The highest BCUT2D eigenvalue weighted by molar-refractivity contribution is 5.96. The van der Waals surface area contributed by atoms with Gasteiger partial charge in [-0.2, -0.15) is 5.10 Å². The summed E-state index contributed by atoms with van der Waals surface area (Å²) in [5, 5.41) is 4.48. The number of hydrogen-bond donors (Lipinski definition) is 0. The molecule has 1 aromatic rings. The quantitative estimate of drug-likeness (QED) is 0.768.